The molecular weight excluding hydrogens is 238 g/mol. The SMILES string of the molecule is COc1c(C)ccc(NCc2cn(C)nc2C)c1C. The predicted molar refractivity (Wildman–Crippen MR) is 77.7 cm³/mol. The number of benzene rings is 1. The number of hydrogen-bond acceptors (Lipinski definition) is 3. The average Bonchev–Trinajstić information content (AvgIpc) is 2.67. The Morgan fingerprint density at radius 3 is 2.58 bits per heavy atom. The van der Waals surface area contributed by atoms with Crippen molar-refractivity contribution in [3.8, 4) is 5.75 Å². The number of nitrogens with one attached hydrogen (secondary N) is 1. The van der Waals surface area contributed by atoms with Gasteiger partial charge < -0.3 is 10.1 Å². The molecule has 0 unspecified atom stereocenters. The van der Waals surface area contributed by atoms with Crippen LogP contribution in [0.4, 0.5) is 5.69 Å². The van der Waals surface area contributed by atoms with Crippen LogP contribution in [0.25, 0.3) is 0 Å². The van der Waals surface area contributed by atoms with Crippen LogP contribution < -0.4 is 10.1 Å². The van der Waals surface area contributed by atoms with E-state index in [9.17, 15) is 0 Å². The molecule has 2 rings (SSSR count). The van der Waals surface area contributed by atoms with Crippen LogP contribution >= 0.6 is 0 Å². The topological polar surface area (TPSA) is 39.1 Å². The van der Waals surface area contributed by atoms with E-state index in [0.29, 0.717) is 0 Å². The lowest BCUT2D eigenvalue weighted by Crippen LogP contribution is -2.03. The summed E-state index contributed by atoms with van der Waals surface area (Å²) < 4.78 is 7.28. The van der Waals surface area contributed by atoms with Crippen molar-refractivity contribution >= 4 is 5.69 Å². The zero-order chi connectivity index (χ0) is 14.0. The monoisotopic (exact) mass is 259 g/mol. The Kier molecular flexibility index (Phi) is 3.79. The number of ether oxygens (including phenoxy) is 1. The molecule has 0 atom stereocenters. The second kappa shape index (κ2) is 5.34. The van der Waals surface area contributed by atoms with Crippen LogP contribution in [0, 0.1) is 20.8 Å². The molecule has 1 heterocycles. The fourth-order valence-electron chi connectivity index (χ4n) is 2.35. The molecule has 4 nitrogen and oxygen atoms in total. The fraction of sp³-hybridized carbons (Fsp3) is 0.400. The lowest BCUT2D eigenvalue weighted by atomic mass is 10.1. The summed E-state index contributed by atoms with van der Waals surface area (Å²) >= 11 is 0. The summed E-state index contributed by atoms with van der Waals surface area (Å²) in [5.41, 5.74) is 5.67. The van der Waals surface area contributed by atoms with Gasteiger partial charge in [-0.25, -0.2) is 0 Å². The van der Waals surface area contributed by atoms with Gasteiger partial charge in [-0.2, -0.15) is 5.10 Å². The van der Waals surface area contributed by atoms with E-state index in [-0.39, 0.29) is 0 Å². The summed E-state index contributed by atoms with van der Waals surface area (Å²) in [4.78, 5) is 0. The number of rotatable bonds is 4. The highest BCUT2D eigenvalue weighted by atomic mass is 16.5. The molecule has 1 aromatic carbocycles. The van der Waals surface area contributed by atoms with E-state index >= 15 is 0 Å². The van der Waals surface area contributed by atoms with Crippen LogP contribution in [0.3, 0.4) is 0 Å². The highest BCUT2D eigenvalue weighted by molar-refractivity contribution is 5.59. The zero-order valence-corrected chi connectivity index (χ0v) is 12.2. The van der Waals surface area contributed by atoms with E-state index in [1.165, 1.54) is 5.56 Å². The minimum atomic E-state index is 0.771. The molecule has 0 aliphatic heterocycles. The minimum absolute atomic E-state index is 0.771. The van der Waals surface area contributed by atoms with Gasteiger partial charge in [-0.1, -0.05) is 6.07 Å². The molecule has 0 saturated heterocycles. The summed E-state index contributed by atoms with van der Waals surface area (Å²) in [6.45, 7) is 6.93. The van der Waals surface area contributed by atoms with Crippen molar-refractivity contribution in [2.24, 2.45) is 7.05 Å². The third-order valence-corrected chi connectivity index (χ3v) is 3.39. The van der Waals surface area contributed by atoms with Crippen LogP contribution in [0.15, 0.2) is 18.3 Å². The van der Waals surface area contributed by atoms with Crippen molar-refractivity contribution in [2.45, 2.75) is 27.3 Å². The molecule has 0 bridgehead atoms. The first-order valence-corrected chi connectivity index (χ1v) is 6.40. The molecule has 102 valence electrons. The molecule has 0 radical (unpaired) electrons. The maximum atomic E-state index is 5.44. The first-order valence-electron chi connectivity index (χ1n) is 6.40. The molecular formula is C15H21N3O. The fourth-order valence-corrected chi connectivity index (χ4v) is 2.35. The standard InChI is InChI=1S/C15H21N3O/c1-10-6-7-14(11(2)15(10)19-5)16-8-13-9-18(4)17-12(13)3/h6-7,9,16H,8H2,1-5H3. The molecule has 4 heteroatoms. The molecule has 2 aromatic rings. The zero-order valence-electron chi connectivity index (χ0n) is 12.2. The first kappa shape index (κ1) is 13.5. The van der Waals surface area contributed by atoms with E-state index < -0.39 is 0 Å². The van der Waals surface area contributed by atoms with Crippen molar-refractivity contribution in [1.29, 1.82) is 0 Å². The third-order valence-electron chi connectivity index (χ3n) is 3.39. The van der Waals surface area contributed by atoms with Gasteiger partial charge in [0.1, 0.15) is 5.75 Å². The number of methoxy groups -OCH3 is 1. The van der Waals surface area contributed by atoms with Crippen molar-refractivity contribution < 1.29 is 4.74 Å². The van der Waals surface area contributed by atoms with E-state index in [0.717, 1.165) is 34.8 Å². The van der Waals surface area contributed by atoms with Crippen molar-refractivity contribution in [2.75, 3.05) is 12.4 Å². The molecule has 0 fully saturated rings. The van der Waals surface area contributed by atoms with Crippen LogP contribution in [-0.4, -0.2) is 16.9 Å². The predicted octanol–water partition coefficient (Wildman–Crippen LogP) is 2.97. The molecule has 1 aromatic heterocycles. The van der Waals surface area contributed by atoms with E-state index in [2.05, 4.69) is 36.4 Å². The van der Waals surface area contributed by atoms with E-state index in [1.807, 2.05) is 24.9 Å². The Balaban J connectivity index is 2.18. The number of aryl methyl sites for hydroxylation is 3. The second-order valence-electron chi connectivity index (χ2n) is 4.86. The third kappa shape index (κ3) is 2.72. The summed E-state index contributed by atoms with van der Waals surface area (Å²) in [6, 6.07) is 4.17. The van der Waals surface area contributed by atoms with Gasteiger partial charge in [0, 0.05) is 36.6 Å². The van der Waals surface area contributed by atoms with Crippen LogP contribution in [0.2, 0.25) is 0 Å². The molecule has 0 spiro atoms. The highest BCUT2D eigenvalue weighted by Crippen LogP contribution is 2.29. The molecule has 0 aliphatic rings. The van der Waals surface area contributed by atoms with Gasteiger partial charge in [0.2, 0.25) is 0 Å². The molecule has 0 saturated carbocycles. The Morgan fingerprint density at radius 2 is 2.00 bits per heavy atom. The van der Waals surface area contributed by atoms with Gasteiger partial charge in [-0.15, -0.1) is 0 Å². The molecule has 1 N–H and O–H groups in total. The maximum absolute atomic E-state index is 5.44. The molecule has 19 heavy (non-hydrogen) atoms. The lowest BCUT2D eigenvalue weighted by Gasteiger charge is -2.14. The van der Waals surface area contributed by atoms with Gasteiger partial charge in [-0.05, 0) is 32.4 Å². The van der Waals surface area contributed by atoms with Crippen molar-refractivity contribution in [1.82, 2.24) is 9.78 Å². The number of anilines is 1. The molecule has 0 aliphatic carbocycles. The van der Waals surface area contributed by atoms with Crippen LogP contribution in [-0.2, 0) is 13.6 Å². The number of aromatic nitrogens is 2. The van der Waals surface area contributed by atoms with Crippen molar-refractivity contribution in [3.63, 3.8) is 0 Å². The molecule has 0 amide bonds. The number of hydrogen-bond donors (Lipinski definition) is 1. The summed E-state index contributed by atoms with van der Waals surface area (Å²) in [6.07, 6.45) is 2.04. The van der Waals surface area contributed by atoms with Crippen molar-refractivity contribution in [3.05, 3.63) is 40.7 Å². The Hall–Kier alpha value is -1.97. The highest BCUT2D eigenvalue weighted by Gasteiger charge is 2.08. The first-order chi connectivity index (χ1) is 9.02. The van der Waals surface area contributed by atoms with E-state index in [4.69, 9.17) is 4.74 Å². The minimum Gasteiger partial charge on any atom is -0.496 e. The Morgan fingerprint density at radius 1 is 1.26 bits per heavy atom. The van der Waals surface area contributed by atoms with Gasteiger partial charge in [0.15, 0.2) is 0 Å². The normalized spacial score (nSPS) is 10.6. The van der Waals surface area contributed by atoms with Gasteiger partial charge >= 0.3 is 0 Å². The largest absolute Gasteiger partial charge is 0.496 e. The summed E-state index contributed by atoms with van der Waals surface area (Å²) in [5, 5.41) is 7.80. The maximum Gasteiger partial charge on any atom is 0.126 e. The van der Waals surface area contributed by atoms with E-state index in [1.54, 1.807) is 7.11 Å². The summed E-state index contributed by atoms with van der Waals surface area (Å²) in [5.74, 6) is 0.952. The smallest absolute Gasteiger partial charge is 0.126 e. The number of nitrogens with zero attached hydrogens (tertiary/aromatic N) is 2. The van der Waals surface area contributed by atoms with Gasteiger partial charge in [0.25, 0.3) is 0 Å². The van der Waals surface area contributed by atoms with Crippen LogP contribution in [0.1, 0.15) is 22.4 Å². The summed E-state index contributed by atoms with van der Waals surface area (Å²) in [7, 11) is 3.65. The quantitative estimate of drug-likeness (QED) is 0.917. The van der Waals surface area contributed by atoms with Crippen LogP contribution in [0.5, 0.6) is 5.75 Å². The lowest BCUT2D eigenvalue weighted by molar-refractivity contribution is 0.409. The second-order valence-corrected chi connectivity index (χ2v) is 4.86. The van der Waals surface area contributed by atoms with Gasteiger partial charge in [0.05, 0.1) is 12.8 Å². The average molecular weight is 259 g/mol. The Bertz CT molecular complexity index is 587. The Labute approximate surface area is 114 Å². The van der Waals surface area contributed by atoms with Gasteiger partial charge in [-0.3, -0.25) is 4.68 Å².